The number of hydrogen-bond donors (Lipinski definition) is 0. The first kappa shape index (κ1) is 19.9. The Bertz CT molecular complexity index is 1060. The van der Waals surface area contributed by atoms with Crippen molar-refractivity contribution in [2.45, 2.75) is 38.1 Å². The van der Waals surface area contributed by atoms with Gasteiger partial charge in [0.15, 0.2) is 0 Å². The standard InChI is InChI=1S/C26H28N4O/c1-29(26(31)21-7-5-19(6-8-21)23-16-27-18-28-17-23)25-10-9-20-11-13-30(24-3-2-4-24)14-12-22(20)15-25/h5-10,15-18,24H,2-4,11-14H2,1H3. The quantitative estimate of drug-likeness (QED) is 0.638. The maximum atomic E-state index is 13.1. The second-order valence-electron chi connectivity index (χ2n) is 8.64. The molecule has 0 N–H and O–H groups in total. The predicted molar refractivity (Wildman–Crippen MR) is 123 cm³/mol. The lowest BCUT2D eigenvalue weighted by Gasteiger charge is -2.36. The number of nitrogens with zero attached hydrogens (tertiary/aromatic N) is 4. The van der Waals surface area contributed by atoms with Crippen LogP contribution in [-0.4, -0.2) is 47.0 Å². The molecule has 2 aliphatic rings. The smallest absolute Gasteiger partial charge is 0.258 e. The van der Waals surface area contributed by atoms with Crippen molar-refractivity contribution in [3.8, 4) is 11.1 Å². The van der Waals surface area contributed by atoms with Crippen molar-refractivity contribution in [2.75, 3.05) is 25.0 Å². The topological polar surface area (TPSA) is 49.3 Å². The Labute approximate surface area is 183 Å². The van der Waals surface area contributed by atoms with Crippen molar-refractivity contribution in [2.24, 2.45) is 0 Å². The highest BCUT2D eigenvalue weighted by Gasteiger charge is 2.26. The van der Waals surface area contributed by atoms with E-state index in [1.165, 1.54) is 36.7 Å². The second-order valence-corrected chi connectivity index (χ2v) is 8.64. The van der Waals surface area contributed by atoms with Gasteiger partial charge in [-0.1, -0.05) is 24.6 Å². The van der Waals surface area contributed by atoms with Gasteiger partial charge in [-0.25, -0.2) is 9.97 Å². The Morgan fingerprint density at radius 1 is 0.935 bits per heavy atom. The summed E-state index contributed by atoms with van der Waals surface area (Å²) in [7, 11) is 1.86. The monoisotopic (exact) mass is 412 g/mol. The van der Waals surface area contributed by atoms with E-state index in [0.29, 0.717) is 5.56 Å². The average molecular weight is 413 g/mol. The summed E-state index contributed by atoms with van der Waals surface area (Å²) in [5.74, 6) is 0.000489. The van der Waals surface area contributed by atoms with E-state index in [1.54, 1.807) is 17.3 Å². The van der Waals surface area contributed by atoms with Gasteiger partial charge in [-0.3, -0.25) is 9.69 Å². The van der Waals surface area contributed by atoms with E-state index >= 15 is 0 Å². The summed E-state index contributed by atoms with van der Waals surface area (Å²) in [4.78, 5) is 25.7. The van der Waals surface area contributed by atoms with E-state index in [-0.39, 0.29) is 5.91 Å². The number of fused-ring (bicyclic) bond motifs is 1. The molecule has 2 aromatic carbocycles. The zero-order valence-corrected chi connectivity index (χ0v) is 18.0. The zero-order chi connectivity index (χ0) is 21.2. The molecule has 1 aliphatic carbocycles. The Morgan fingerprint density at radius 3 is 2.32 bits per heavy atom. The summed E-state index contributed by atoms with van der Waals surface area (Å²) < 4.78 is 0. The summed E-state index contributed by atoms with van der Waals surface area (Å²) in [6.07, 6.45) is 11.3. The molecule has 0 bridgehead atoms. The first-order valence-corrected chi connectivity index (χ1v) is 11.2. The molecular weight excluding hydrogens is 384 g/mol. The molecule has 0 unspecified atom stereocenters. The highest BCUT2D eigenvalue weighted by atomic mass is 16.2. The fourth-order valence-corrected chi connectivity index (χ4v) is 4.62. The molecule has 1 saturated carbocycles. The lowest BCUT2D eigenvalue weighted by atomic mass is 9.91. The SMILES string of the molecule is CN(C(=O)c1ccc(-c2cncnc2)cc1)c1ccc2c(c1)CCN(C1CCC1)CC2. The normalized spacial score (nSPS) is 16.8. The lowest BCUT2D eigenvalue weighted by molar-refractivity contribution is 0.0993. The van der Waals surface area contributed by atoms with Crippen LogP contribution in [0.1, 0.15) is 40.7 Å². The average Bonchev–Trinajstić information content (AvgIpc) is 3.00. The van der Waals surface area contributed by atoms with Crippen molar-refractivity contribution in [3.05, 3.63) is 77.9 Å². The van der Waals surface area contributed by atoms with E-state index in [4.69, 9.17) is 0 Å². The van der Waals surface area contributed by atoms with Crippen LogP contribution in [0, 0.1) is 0 Å². The number of carbonyl (C=O) groups is 1. The van der Waals surface area contributed by atoms with Crippen LogP contribution in [0.2, 0.25) is 0 Å². The van der Waals surface area contributed by atoms with Gasteiger partial charge < -0.3 is 4.90 Å². The van der Waals surface area contributed by atoms with E-state index in [2.05, 4.69) is 33.1 Å². The van der Waals surface area contributed by atoms with Crippen LogP contribution in [0.25, 0.3) is 11.1 Å². The zero-order valence-electron chi connectivity index (χ0n) is 18.0. The van der Waals surface area contributed by atoms with Crippen LogP contribution in [-0.2, 0) is 12.8 Å². The van der Waals surface area contributed by atoms with Crippen LogP contribution in [0.3, 0.4) is 0 Å². The molecule has 3 aromatic rings. The van der Waals surface area contributed by atoms with Gasteiger partial charge in [-0.05, 0) is 66.6 Å². The highest BCUT2D eigenvalue weighted by molar-refractivity contribution is 6.06. The molecule has 158 valence electrons. The van der Waals surface area contributed by atoms with Gasteiger partial charge in [0, 0.05) is 55.4 Å². The van der Waals surface area contributed by atoms with Crippen LogP contribution in [0.5, 0.6) is 0 Å². The lowest BCUT2D eigenvalue weighted by Crippen LogP contribution is -2.41. The van der Waals surface area contributed by atoms with Gasteiger partial charge in [-0.15, -0.1) is 0 Å². The first-order valence-electron chi connectivity index (χ1n) is 11.2. The molecule has 1 amide bonds. The van der Waals surface area contributed by atoms with E-state index in [9.17, 15) is 4.79 Å². The van der Waals surface area contributed by atoms with Crippen LogP contribution in [0.4, 0.5) is 5.69 Å². The van der Waals surface area contributed by atoms with Crippen molar-refractivity contribution in [3.63, 3.8) is 0 Å². The van der Waals surface area contributed by atoms with Crippen molar-refractivity contribution >= 4 is 11.6 Å². The molecular formula is C26H28N4O. The molecule has 0 radical (unpaired) electrons. The van der Waals surface area contributed by atoms with Crippen molar-refractivity contribution in [1.82, 2.24) is 14.9 Å². The minimum Gasteiger partial charge on any atom is -0.311 e. The number of anilines is 1. The van der Waals surface area contributed by atoms with Gasteiger partial charge in [0.05, 0.1) is 0 Å². The first-order chi connectivity index (χ1) is 15.2. The molecule has 5 nitrogen and oxygen atoms in total. The van der Waals surface area contributed by atoms with Gasteiger partial charge >= 0.3 is 0 Å². The number of aromatic nitrogens is 2. The fraction of sp³-hybridized carbons (Fsp3) is 0.346. The van der Waals surface area contributed by atoms with Gasteiger partial charge in [0.25, 0.3) is 5.91 Å². The third kappa shape index (κ3) is 4.10. The third-order valence-corrected chi connectivity index (χ3v) is 6.84. The van der Waals surface area contributed by atoms with E-state index in [1.807, 2.05) is 31.3 Å². The number of carbonyl (C=O) groups excluding carboxylic acids is 1. The second kappa shape index (κ2) is 8.60. The fourth-order valence-electron chi connectivity index (χ4n) is 4.62. The molecule has 2 heterocycles. The van der Waals surface area contributed by atoms with E-state index < -0.39 is 0 Å². The van der Waals surface area contributed by atoms with Crippen molar-refractivity contribution < 1.29 is 4.79 Å². The van der Waals surface area contributed by atoms with Crippen LogP contribution in [0.15, 0.2) is 61.2 Å². The summed E-state index contributed by atoms with van der Waals surface area (Å²) in [6.45, 7) is 2.29. The number of hydrogen-bond acceptors (Lipinski definition) is 4. The summed E-state index contributed by atoms with van der Waals surface area (Å²) >= 11 is 0. The molecule has 5 heteroatoms. The molecule has 0 saturated heterocycles. The third-order valence-electron chi connectivity index (χ3n) is 6.84. The Hall–Kier alpha value is -3.05. The molecule has 1 aromatic heterocycles. The molecule has 0 atom stereocenters. The molecule has 5 rings (SSSR count). The maximum absolute atomic E-state index is 13.1. The number of amides is 1. The Morgan fingerprint density at radius 2 is 1.65 bits per heavy atom. The number of rotatable bonds is 4. The molecule has 1 fully saturated rings. The molecule has 0 spiro atoms. The van der Waals surface area contributed by atoms with Crippen LogP contribution < -0.4 is 4.90 Å². The Balaban J connectivity index is 1.30. The predicted octanol–water partition coefficient (Wildman–Crippen LogP) is 4.37. The molecule has 1 aliphatic heterocycles. The van der Waals surface area contributed by atoms with Gasteiger partial charge in [0.1, 0.15) is 6.33 Å². The maximum Gasteiger partial charge on any atom is 0.258 e. The largest absolute Gasteiger partial charge is 0.311 e. The Kier molecular flexibility index (Phi) is 5.51. The minimum absolute atomic E-state index is 0.000489. The highest BCUT2D eigenvalue weighted by Crippen LogP contribution is 2.29. The summed E-state index contributed by atoms with van der Waals surface area (Å²) in [6, 6.07) is 15.0. The summed E-state index contributed by atoms with van der Waals surface area (Å²) in [5.41, 5.74) is 6.40. The van der Waals surface area contributed by atoms with Crippen molar-refractivity contribution in [1.29, 1.82) is 0 Å². The van der Waals surface area contributed by atoms with Gasteiger partial charge in [-0.2, -0.15) is 0 Å². The van der Waals surface area contributed by atoms with Gasteiger partial charge in [0.2, 0.25) is 0 Å². The van der Waals surface area contributed by atoms with Crippen LogP contribution >= 0.6 is 0 Å². The number of benzene rings is 2. The van der Waals surface area contributed by atoms with E-state index in [0.717, 1.165) is 48.8 Å². The molecule has 31 heavy (non-hydrogen) atoms. The summed E-state index contributed by atoms with van der Waals surface area (Å²) in [5, 5.41) is 0. The minimum atomic E-state index is 0.000489.